The SMILES string of the molecule is CC1(C(N)=S)CCN(CC(=O)NC2CCCC2)CC1. The molecule has 0 radical (unpaired) electrons. The highest BCUT2D eigenvalue weighted by molar-refractivity contribution is 7.80. The number of carbonyl (C=O) groups excluding carboxylic acids is 1. The molecule has 0 bridgehead atoms. The van der Waals surface area contributed by atoms with E-state index in [0.717, 1.165) is 38.8 Å². The number of nitrogens with one attached hydrogen (secondary N) is 1. The number of piperidine rings is 1. The molecule has 19 heavy (non-hydrogen) atoms. The Morgan fingerprint density at radius 3 is 2.47 bits per heavy atom. The lowest BCUT2D eigenvalue weighted by atomic mass is 9.80. The summed E-state index contributed by atoms with van der Waals surface area (Å²) in [4.78, 5) is 14.8. The van der Waals surface area contributed by atoms with Gasteiger partial charge < -0.3 is 11.1 Å². The number of nitrogens with two attached hydrogens (primary N) is 1. The van der Waals surface area contributed by atoms with E-state index in [1.165, 1.54) is 12.8 Å². The first kappa shape index (κ1) is 14.7. The predicted molar refractivity (Wildman–Crippen MR) is 81.0 cm³/mol. The third kappa shape index (κ3) is 3.89. The highest BCUT2D eigenvalue weighted by Crippen LogP contribution is 2.30. The molecule has 4 nitrogen and oxygen atoms in total. The van der Waals surface area contributed by atoms with Gasteiger partial charge in [0.25, 0.3) is 0 Å². The molecule has 2 fully saturated rings. The van der Waals surface area contributed by atoms with Crippen molar-refractivity contribution in [1.82, 2.24) is 10.2 Å². The monoisotopic (exact) mass is 283 g/mol. The summed E-state index contributed by atoms with van der Waals surface area (Å²) < 4.78 is 0. The summed E-state index contributed by atoms with van der Waals surface area (Å²) in [7, 11) is 0. The molecule has 1 saturated heterocycles. The van der Waals surface area contributed by atoms with E-state index in [-0.39, 0.29) is 11.3 Å². The standard InChI is InChI=1S/C14H25N3OS/c1-14(13(15)19)6-8-17(9-7-14)10-12(18)16-11-4-2-3-5-11/h11H,2-10H2,1H3,(H2,15,19)(H,16,18). The molecular weight excluding hydrogens is 258 g/mol. The van der Waals surface area contributed by atoms with Crippen molar-refractivity contribution >= 4 is 23.1 Å². The molecule has 1 aliphatic heterocycles. The van der Waals surface area contributed by atoms with Gasteiger partial charge in [0.05, 0.1) is 11.5 Å². The number of thiocarbonyl (C=S) groups is 1. The fourth-order valence-electron chi connectivity index (χ4n) is 3.00. The summed E-state index contributed by atoms with van der Waals surface area (Å²) in [5, 5.41) is 3.14. The van der Waals surface area contributed by atoms with Gasteiger partial charge in [0.2, 0.25) is 5.91 Å². The molecule has 0 aromatic carbocycles. The van der Waals surface area contributed by atoms with Crippen molar-refractivity contribution in [2.45, 2.75) is 51.5 Å². The third-order valence-electron chi connectivity index (χ3n) is 4.64. The Labute approximate surface area is 121 Å². The van der Waals surface area contributed by atoms with E-state index >= 15 is 0 Å². The van der Waals surface area contributed by atoms with Crippen LogP contribution in [0.25, 0.3) is 0 Å². The van der Waals surface area contributed by atoms with Gasteiger partial charge in [-0.2, -0.15) is 0 Å². The van der Waals surface area contributed by atoms with Gasteiger partial charge in [0.1, 0.15) is 0 Å². The minimum absolute atomic E-state index is 0.0201. The molecule has 3 N–H and O–H groups in total. The summed E-state index contributed by atoms with van der Waals surface area (Å²) in [5.74, 6) is 0.172. The molecule has 1 heterocycles. The van der Waals surface area contributed by atoms with Crippen molar-refractivity contribution in [3.63, 3.8) is 0 Å². The summed E-state index contributed by atoms with van der Waals surface area (Å²) in [6, 6.07) is 0.416. The summed E-state index contributed by atoms with van der Waals surface area (Å²) in [6.45, 7) is 4.47. The van der Waals surface area contributed by atoms with Gasteiger partial charge in [-0.15, -0.1) is 0 Å². The van der Waals surface area contributed by atoms with Crippen LogP contribution >= 0.6 is 12.2 Å². The molecule has 2 aliphatic rings. The Hall–Kier alpha value is -0.680. The average molecular weight is 283 g/mol. The Kier molecular flexibility index (Phi) is 4.79. The van der Waals surface area contributed by atoms with E-state index in [1.54, 1.807) is 0 Å². The molecular formula is C14H25N3OS. The van der Waals surface area contributed by atoms with Crippen molar-refractivity contribution in [3.05, 3.63) is 0 Å². The van der Waals surface area contributed by atoms with Crippen LogP contribution < -0.4 is 11.1 Å². The van der Waals surface area contributed by atoms with E-state index in [9.17, 15) is 4.79 Å². The Morgan fingerprint density at radius 1 is 1.37 bits per heavy atom. The fourth-order valence-corrected chi connectivity index (χ4v) is 3.20. The highest BCUT2D eigenvalue weighted by Gasteiger charge is 2.33. The van der Waals surface area contributed by atoms with Gasteiger partial charge in [-0.1, -0.05) is 32.0 Å². The van der Waals surface area contributed by atoms with E-state index in [1.807, 2.05) is 0 Å². The van der Waals surface area contributed by atoms with Crippen LogP contribution in [-0.2, 0) is 4.79 Å². The maximum atomic E-state index is 12.0. The summed E-state index contributed by atoms with van der Waals surface area (Å²) in [5.41, 5.74) is 5.77. The second kappa shape index (κ2) is 6.18. The van der Waals surface area contributed by atoms with Gasteiger partial charge in [0.15, 0.2) is 0 Å². The summed E-state index contributed by atoms with van der Waals surface area (Å²) in [6.07, 6.45) is 6.70. The molecule has 0 unspecified atom stereocenters. The number of rotatable bonds is 4. The molecule has 0 aromatic rings. The van der Waals surface area contributed by atoms with Crippen LogP contribution in [0.4, 0.5) is 0 Å². The number of hydrogen-bond acceptors (Lipinski definition) is 3. The number of amides is 1. The van der Waals surface area contributed by atoms with Gasteiger partial charge in [-0.3, -0.25) is 9.69 Å². The number of likely N-dealkylation sites (tertiary alicyclic amines) is 1. The zero-order chi connectivity index (χ0) is 13.9. The van der Waals surface area contributed by atoms with E-state index < -0.39 is 0 Å². The predicted octanol–water partition coefficient (Wildman–Crippen LogP) is 1.43. The van der Waals surface area contributed by atoms with Crippen LogP contribution in [0.3, 0.4) is 0 Å². The quantitative estimate of drug-likeness (QED) is 0.767. The number of hydrogen-bond donors (Lipinski definition) is 2. The third-order valence-corrected chi connectivity index (χ3v) is 5.13. The lowest BCUT2D eigenvalue weighted by molar-refractivity contribution is -0.123. The average Bonchev–Trinajstić information content (AvgIpc) is 2.85. The Bertz CT molecular complexity index is 345. The molecule has 108 valence electrons. The molecule has 0 atom stereocenters. The molecule has 1 amide bonds. The zero-order valence-corrected chi connectivity index (χ0v) is 12.6. The van der Waals surface area contributed by atoms with Crippen LogP contribution in [-0.4, -0.2) is 41.5 Å². The van der Waals surface area contributed by atoms with Crippen LogP contribution in [0.1, 0.15) is 45.4 Å². The second-order valence-electron chi connectivity index (χ2n) is 6.25. The highest BCUT2D eigenvalue weighted by atomic mass is 32.1. The minimum atomic E-state index is -0.0201. The van der Waals surface area contributed by atoms with Gasteiger partial charge >= 0.3 is 0 Å². The first-order chi connectivity index (χ1) is 8.99. The smallest absolute Gasteiger partial charge is 0.234 e. The molecule has 2 rings (SSSR count). The molecule has 1 saturated carbocycles. The topological polar surface area (TPSA) is 58.4 Å². The maximum Gasteiger partial charge on any atom is 0.234 e. The van der Waals surface area contributed by atoms with Crippen molar-refractivity contribution in [2.75, 3.05) is 19.6 Å². The molecule has 1 aliphatic carbocycles. The lowest BCUT2D eigenvalue weighted by Crippen LogP contribution is -2.48. The van der Waals surface area contributed by atoms with Crippen LogP contribution in [0.2, 0.25) is 0 Å². The first-order valence-corrected chi connectivity index (χ1v) is 7.72. The van der Waals surface area contributed by atoms with Gasteiger partial charge in [-0.05, 0) is 38.8 Å². The molecule has 0 aromatic heterocycles. The van der Waals surface area contributed by atoms with Crippen LogP contribution in [0.5, 0.6) is 0 Å². The Morgan fingerprint density at radius 2 is 1.95 bits per heavy atom. The Balaban J connectivity index is 1.73. The first-order valence-electron chi connectivity index (χ1n) is 7.31. The van der Waals surface area contributed by atoms with Crippen LogP contribution in [0.15, 0.2) is 0 Å². The largest absolute Gasteiger partial charge is 0.393 e. The van der Waals surface area contributed by atoms with Gasteiger partial charge in [0, 0.05) is 11.5 Å². The molecule has 5 heteroatoms. The normalized spacial score (nSPS) is 24.3. The van der Waals surface area contributed by atoms with Crippen molar-refractivity contribution < 1.29 is 4.79 Å². The lowest BCUT2D eigenvalue weighted by Gasteiger charge is -2.38. The van der Waals surface area contributed by atoms with Crippen LogP contribution in [0, 0.1) is 5.41 Å². The number of nitrogens with zero attached hydrogens (tertiary/aromatic N) is 1. The second-order valence-corrected chi connectivity index (χ2v) is 6.69. The van der Waals surface area contributed by atoms with E-state index in [4.69, 9.17) is 18.0 Å². The molecule has 0 spiro atoms. The minimum Gasteiger partial charge on any atom is -0.393 e. The van der Waals surface area contributed by atoms with Gasteiger partial charge in [-0.25, -0.2) is 0 Å². The zero-order valence-electron chi connectivity index (χ0n) is 11.8. The maximum absolute atomic E-state index is 12.0. The van der Waals surface area contributed by atoms with Crippen molar-refractivity contribution in [1.29, 1.82) is 0 Å². The van der Waals surface area contributed by atoms with E-state index in [2.05, 4.69) is 17.1 Å². The number of carbonyl (C=O) groups is 1. The van der Waals surface area contributed by atoms with Crippen molar-refractivity contribution in [3.8, 4) is 0 Å². The van der Waals surface area contributed by atoms with E-state index in [0.29, 0.717) is 17.6 Å². The fraction of sp³-hybridized carbons (Fsp3) is 0.857. The van der Waals surface area contributed by atoms with Crippen molar-refractivity contribution in [2.24, 2.45) is 11.1 Å². The summed E-state index contributed by atoms with van der Waals surface area (Å²) >= 11 is 5.13.